The van der Waals surface area contributed by atoms with Crippen molar-refractivity contribution in [3.05, 3.63) is 83.2 Å². The van der Waals surface area contributed by atoms with Crippen molar-refractivity contribution in [3.8, 4) is 17.0 Å². The first-order valence-corrected chi connectivity index (χ1v) is 13.0. The smallest absolute Gasteiger partial charge is 0.229 e. The number of aromatic nitrogens is 2. The summed E-state index contributed by atoms with van der Waals surface area (Å²) in [5.74, 6) is 2.07. The van der Waals surface area contributed by atoms with Crippen LogP contribution in [0.4, 0.5) is 5.82 Å². The van der Waals surface area contributed by atoms with Crippen LogP contribution >= 0.6 is 0 Å². The van der Waals surface area contributed by atoms with Gasteiger partial charge in [0.1, 0.15) is 5.75 Å². The Bertz CT molecular complexity index is 1440. The minimum absolute atomic E-state index is 0.0480. The molecule has 1 amide bonds. The third-order valence-electron chi connectivity index (χ3n) is 7.63. The highest BCUT2D eigenvalue weighted by Gasteiger charge is 2.25. The molecule has 0 spiro atoms. The monoisotopic (exact) mass is 477 g/mol. The highest BCUT2D eigenvalue weighted by molar-refractivity contribution is 5.93. The fraction of sp³-hybridized carbons (Fsp3) is 0.323. The minimum atomic E-state index is -0.0480. The largest absolute Gasteiger partial charge is 0.497 e. The lowest BCUT2D eigenvalue weighted by Crippen LogP contribution is -2.20. The molecule has 0 aliphatic heterocycles. The SMILES string of the molecule is COc1ccc2c(c1)CCc1nc(NC(=O)Cc3ccc4ccccc4c3)c(CC3CCCC3)nc1-2. The van der Waals surface area contributed by atoms with Gasteiger partial charge in [-0.2, -0.15) is 0 Å². The first kappa shape index (κ1) is 22.7. The van der Waals surface area contributed by atoms with Crippen molar-refractivity contribution < 1.29 is 9.53 Å². The second-order valence-corrected chi connectivity index (χ2v) is 10.1. The third kappa shape index (κ3) is 4.58. The zero-order valence-electron chi connectivity index (χ0n) is 20.7. The summed E-state index contributed by atoms with van der Waals surface area (Å²) in [6.07, 6.45) is 7.85. The number of hydrogen-bond acceptors (Lipinski definition) is 4. The predicted octanol–water partition coefficient (Wildman–Crippen LogP) is 6.32. The van der Waals surface area contributed by atoms with E-state index in [4.69, 9.17) is 14.7 Å². The van der Waals surface area contributed by atoms with Gasteiger partial charge in [-0.1, -0.05) is 68.1 Å². The molecule has 5 heteroatoms. The van der Waals surface area contributed by atoms with Crippen molar-refractivity contribution in [2.24, 2.45) is 5.92 Å². The quantitative estimate of drug-likeness (QED) is 0.353. The van der Waals surface area contributed by atoms with E-state index in [1.165, 1.54) is 36.6 Å². The summed E-state index contributed by atoms with van der Waals surface area (Å²) < 4.78 is 5.43. The number of rotatable bonds is 6. The van der Waals surface area contributed by atoms with Crippen LogP contribution in [0.15, 0.2) is 60.7 Å². The van der Waals surface area contributed by atoms with Gasteiger partial charge in [-0.05, 0) is 65.3 Å². The van der Waals surface area contributed by atoms with Crippen molar-refractivity contribution in [1.82, 2.24) is 9.97 Å². The number of nitrogens with one attached hydrogen (secondary N) is 1. The van der Waals surface area contributed by atoms with E-state index in [0.29, 0.717) is 18.2 Å². The fourth-order valence-corrected chi connectivity index (χ4v) is 5.72. The molecular weight excluding hydrogens is 446 g/mol. The number of carbonyl (C=O) groups is 1. The Labute approximate surface area is 211 Å². The summed E-state index contributed by atoms with van der Waals surface area (Å²) in [6.45, 7) is 0. The van der Waals surface area contributed by atoms with Crippen LogP contribution in [-0.4, -0.2) is 23.0 Å². The normalized spacial score (nSPS) is 14.9. The lowest BCUT2D eigenvalue weighted by molar-refractivity contribution is -0.115. The van der Waals surface area contributed by atoms with Gasteiger partial charge >= 0.3 is 0 Å². The molecular formula is C31H31N3O2. The molecule has 1 saturated carbocycles. The Balaban J connectivity index is 1.30. The molecule has 1 N–H and O–H groups in total. The number of anilines is 1. The molecule has 2 aliphatic rings. The van der Waals surface area contributed by atoms with Crippen molar-refractivity contribution in [2.75, 3.05) is 12.4 Å². The van der Waals surface area contributed by atoms with Crippen molar-refractivity contribution in [1.29, 1.82) is 0 Å². The van der Waals surface area contributed by atoms with Gasteiger partial charge in [-0.3, -0.25) is 4.79 Å². The lowest BCUT2D eigenvalue weighted by atomic mass is 9.91. The summed E-state index contributed by atoms with van der Waals surface area (Å²) in [6, 6.07) is 20.6. The predicted molar refractivity (Wildman–Crippen MR) is 143 cm³/mol. The van der Waals surface area contributed by atoms with Gasteiger partial charge in [0.2, 0.25) is 5.91 Å². The molecule has 6 rings (SSSR count). The van der Waals surface area contributed by atoms with Gasteiger partial charge in [0.25, 0.3) is 0 Å². The van der Waals surface area contributed by atoms with Gasteiger partial charge < -0.3 is 10.1 Å². The number of methoxy groups -OCH3 is 1. The Morgan fingerprint density at radius 3 is 2.64 bits per heavy atom. The van der Waals surface area contributed by atoms with Crippen LogP contribution in [0.5, 0.6) is 5.75 Å². The molecule has 0 unspecified atom stereocenters. The molecule has 3 aromatic carbocycles. The minimum Gasteiger partial charge on any atom is -0.497 e. The Kier molecular flexibility index (Phi) is 6.14. The lowest BCUT2D eigenvalue weighted by Gasteiger charge is -2.22. The van der Waals surface area contributed by atoms with E-state index in [0.717, 1.165) is 58.6 Å². The molecule has 182 valence electrons. The van der Waals surface area contributed by atoms with Crippen LogP contribution in [0, 0.1) is 5.92 Å². The first-order valence-electron chi connectivity index (χ1n) is 13.0. The molecule has 5 nitrogen and oxygen atoms in total. The number of carbonyl (C=O) groups excluding carboxylic acids is 1. The molecule has 0 atom stereocenters. The van der Waals surface area contributed by atoms with Gasteiger partial charge in [0.05, 0.1) is 30.6 Å². The zero-order valence-corrected chi connectivity index (χ0v) is 20.7. The van der Waals surface area contributed by atoms with Crippen LogP contribution in [0.2, 0.25) is 0 Å². The van der Waals surface area contributed by atoms with Gasteiger partial charge in [0, 0.05) is 5.56 Å². The van der Waals surface area contributed by atoms with Crippen LogP contribution in [0.1, 0.15) is 48.2 Å². The summed E-state index contributed by atoms with van der Waals surface area (Å²) in [4.78, 5) is 23.3. The molecule has 36 heavy (non-hydrogen) atoms. The summed E-state index contributed by atoms with van der Waals surface area (Å²) in [5, 5.41) is 5.47. The number of nitrogens with zero attached hydrogens (tertiary/aromatic N) is 2. The fourth-order valence-electron chi connectivity index (χ4n) is 5.72. The van der Waals surface area contributed by atoms with E-state index in [1.54, 1.807) is 7.11 Å². The number of fused-ring (bicyclic) bond motifs is 4. The van der Waals surface area contributed by atoms with Gasteiger partial charge in [-0.25, -0.2) is 9.97 Å². The number of hydrogen-bond donors (Lipinski definition) is 1. The van der Waals surface area contributed by atoms with Gasteiger partial charge in [-0.15, -0.1) is 0 Å². The number of benzene rings is 3. The highest BCUT2D eigenvalue weighted by atomic mass is 16.5. The van der Waals surface area contributed by atoms with E-state index in [-0.39, 0.29) is 5.91 Å². The van der Waals surface area contributed by atoms with Crippen molar-refractivity contribution in [2.45, 2.75) is 51.4 Å². The van der Waals surface area contributed by atoms with E-state index in [1.807, 2.05) is 24.3 Å². The van der Waals surface area contributed by atoms with Crippen LogP contribution in [0.3, 0.4) is 0 Å². The Morgan fingerprint density at radius 1 is 0.972 bits per heavy atom. The topological polar surface area (TPSA) is 64.1 Å². The molecule has 4 aromatic rings. The van der Waals surface area contributed by atoms with Gasteiger partial charge in [0.15, 0.2) is 5.82 Å². The maximum atomic E-state index is 13.2. The average Bonchev–Trinajstić information content (AvgIpc) is 3.41. The first-order chi connectivity index (χ1) is 17.7. The zero-order chi connectivity index (χ0) is 24.5. The maximum Gasteiger partial charge on any atom is 0.229 e. The third-order valence-corrected chi connectivity index (χ3v) is 7.63. The molecule has 1 heterocycles. The number of amides is 1. The maximum absolute atomic E-state index is 13.2. The standard InChI is InChI=1S/C31H31N3O2/c1-36-25-13-14-26-24(19-25)12-15-27-30(26)32-28(17-20-6-2-3-7-20)31(33-27)34-29(35)18-21-10-11-22-8-4-5-9-23(22)16-21/h4-5,8-11,13-14,16,19-20H,2-3,6-7,12,15,17-18H2,1H3,(H,33,34,35). The molecule has 0 bridgehead atoms. The van der Waals surface area contributed by atoms with Crippen molar-refractivity contribution in [3.63, 3.8) is 0 Å². The Morgan fingerprint density at radius 2 is 1.81 bits per heavy atom. The second-order valence-electron chi connectivity index (χ2n) is 10.1. The van der Waals surface area contributed by atoms with E-state index < -0.39 is 0 Å². The van der Waals surface area contributed by atoms with Crippen LogP contribution in [-0.2, 0) is 30.5 Å². The molecule has 2 aliphatic carbocycles. The number of ether oxygens (including phenoxy) is 1. The molecule has 0 saturated heterocycles. The molecule has 0 radical (unpaired) electrons. The van der Waals surface area contributed by atoms with Crippen LogP contribution < -0.4 is 10.1 Å². The Hall–Kier alpha value is -3.73. The van der Waals surface area contributed by atoms with Crippen LogP contribution in [0.25, 0.3) is 22.0 Å². The number of aryl methyl sites for hydroxylation is 2. The summed E-state index contributed by atoms with van der Waals surface area (Å²) in [7, 11) is 1.70. The van der Waals surface area contributed by atoms with E-state index in [2.05, 4.69) is 41.7 Å². The second kappa shape index (κ2) is 9.73. The summed E-state index contributed by atoms with van der Waals surface area (Å²) in [5.41, 5.74) is 6.21. The van der Waals surface area contributed by atoms with E-state index in [9.17, 15) is 4.79 Å². The van der Waals surface area contributed by atoms with Crippen molar-refractivity contribution >= 4 is 22.5 Å². The molecule has 1 fully saturated rings. The molecule has 1 aromatic heterocycles. The van der Waals surface area contributed by atoms with E-state index >= 15 is 0 Å². The summed E-state index contributed by atoms with van der Waals surface area (Å²) >= 11 is 0. The average molecular weight is 478 g/mol. The highest BCUT2D eigenvalue weighted by Crippen LogP contribution is 2.36.